The molecule has 0 aliphatic carbocycles. The van der Waals surface area contributed by atoms with Gasteiger partial charge in [0.1, 0.15) is 6.04 Å². The Morgan fingerprint density at radius 2 is 1.51 bits per heavy atom. The summed E-state index contributed by atoms with van der Waals surface area (Å²) in [6, 6.07) is 21.1. The summed E-state index contributed by atoms with van der Waals surface area (Å²) in [6.07, 6.45) is 3.28. The molecule has 232 valence electrons. The molecule has 0 heterocycles. The lowest BCUT2D eigenvalue weighted by Crippen LogP contribution is -2.52. The van der Waals surface area contributed by atoms with E-state index in [-0.39, 0.29) is 50.2 Å². The number of halogens is 2. The molecule has 0 aliphatic heterocycles. The molecule has 0 saturated carbocycles. The number of sulfonamides is 1. The maximum atomic E-state index is 14.0. The molecule has 3 rings (SSSR count). The lowest BCUT2D eigenvalue weighted by atomic mass is 10.0. The van der Waals surface area contributed by atoms with Crippen LogP contribution in [0.5, 0.6) is 0 Å². The van der Waals surface area contributed by atoms with Gasteiger partial charge in [0.25, 0.3) is 0 Å². The monoisotopic (exact) mass is 645 g/mol. The molecular weight excluding hydrogens is 605 g/mol. The third-order valence-corrected chi connectivity index (χ3v) is 9.35. The minimum Gasteiger partial charge on any atom is -0.352 e. The first-order valence-corrected chi connectivity index (χ1v) is 17.2. The molecule has 0 aliphatic rings. The highest BCUT2D eigenvalue weighted by Crippen LogP contribution is 2.28. The second-order valence-electron chi connectivity index (χ2n) is 10.7. The number of aryl methyl sites for hydroxylation is 1. The van der Waals surface area contributed by atoms with Gasteiger partial charge in [0.15, 0.2) is 0 Å². The molecule has 2 atom stereocenters. The van der Waals surface area contributed by atoms with Gasteiger partial charge < -0.3 is 10.2 Å². The van der Waals surface area contributed by atoms with Crippen LogP contribution in [-0.4, -0.2) is 50.0 Å². The average Bonchev–Trinajstić information content (AvgIpc) is 2.98. The van der Waals surface area contributed by atoms with Crippen LogP contribution in [0.15, 0.2) is 72.8 Å². The van der Waals surface area contributed by atoms with E-state index in [0.29, 0.717) is 21.3 Å². The minimum absolute atomic E-state index is 0.0169. The Morgan fingerprint density at radius 1 is 0.884 bits per heavy atom. The van der Waals surface area contributed by atoms with Gasteiger partial charge in [0, 0.05) is 47.6 Å². The average molecular weight is 647 g/mol. The summed E-state index contributed by atoms with van der Waals surface area (Å²) >= 11 is 13.0. The van der Waals surface area contributed by atoms with Crippen molar-refractivity contribution in [1.29, 1.82) is 0 Å². The van der Waals surface area contributed by atoms with Crippen molar-refractivity contribution < 1.29 is 18.0 Å². The molecule has 1 N–H and O–H groups in total. The van der Waals surface area contributed by atoms with Gasteiger partial charge in [-0.2, -0.15) is 0 Å². The van der Waals surface area contributed by atoms with E-state index in [1.807, 2.05) is 63.2 Å². The van der Waals surface area contributed by atoms with Crippen LogP contribution in [0.3, 0.4) is 0 Å². The van der Waals surface area contributed by atoms with Crippen molar-refractivity contribution in [2.45, 2.75) is 71.5 Å². The third-order valence-electron chi connectivity index (χ3n) is 7.45. The zero-order chi connectivity index (χ0) is 31.6. The van der Waals surface area contributed by atoms with Gasteiger partial charge >= 0.3 is 0 Å². The quantitative estimate of drug-likeness (QED) is 0.200. The minimum atomic E-state index is -3.59. The van der Waals surface area contributed by atoms with E-state index in [4.69, 9.17) is 23.2 Å². The zero-order valence-corrected chi connectivity index (χ0v) is 27.6. The Labute approximate surface area is 266 Å². The maximum Gasteiger partial charge on any atom is 0.243 e. The van der Waals surface area contributed by atoms with Gasteiger partial charge in [-0.3, -0.25) is 13.9 Å². The number of amides is 2. The number of nitrogens with zero attached hydrogens (tertiary/aromatic N) is 2. The highest BCUT2D eigenvalue weighted by molar-refractivity contribution is 7.92. The molecule has 10 heteroatoms. The van der Waals surface area contributed by atoms with Gasteiger partial charge in [-0.05, 0) is 61.6 Å². The van der Waals surface area contributed by atoms with E-state index >= 15 is 0 Å². The van der Waals surface area contributed by atoms with Crippen molar-refractivity contribution in [3.05, 3.63) is 99.5 Å². The lowest BCUT2D eigenvalue weighted by molar-refractivity contribution is -0.141. The lowest BCUT2D eigenvalue weighted by Gasteiger charge is -2.33. The predicted octanol–water partition coefficient (Wildman–Crippen LogP) is 6.66. The van der Waals surface area contributed by atoms with Crippen LogP contribution in [0.25, 0.3) is 0 Å². The summed E-state index contributed by atoms with van der Waals surface area (Å²) in [7, 11) is -3.59. The molecule has 0 bridgehead atoms. The van der Waals surface area contributed by atoms with Crippen molar-refractivity contribution in [3.8, 4) is 0 Å². The third kappa shape index (κ3) is 9.98. The summed E-state index contributed by atoms with van der Waals surface area (Å²) in [5.74, 6) is -0.575. The summed E-state index contributed by atoms with van der Waals surface area (Å²) < 4.78 is 26.7. The van der Waals surface area contributed by atoms with E-state index in [2.05, 4.69) is 5.32 Å². The number of nitrogens with one attached hydrogen (secondary N) is 1. The number of carbonyl (C=O) groups excluding carboxylic acids is 2. The number of anilines is 1. The maximum absolute atomic E-state index is 14.0. The van der Waals surface area contributed by atoms with Crippen LogP contribution in [0.2, 0.25) is 10.0 Å². The van der Waals surface area contributed by atoms with Gasteiger partial charge in [-0.25, -0.2) is 8.42 Å². The molecule has 0 aromatic heterocycles. The first kappa shape index (κ1) is 34.4. The molecule has 2 amide bonds. The Kier molecular flexibility index (Phi) is 12.9. The Morgan fingerprint density at radius 3 is 2.07 bits per heavy atom. The topological polar surface area (TPSA) is 86.8 Å². The first-order chi connectivity index (χ1) is 20.4. The largest absolute Gasteiger partial charge is 0.352 e. The van der Waals surface area contributed by atoms with Crippen molar-refractivity contribution in [1.82, 2.24) is 10.2 Å². The van der Waals surface area contributed by atoms with E-state index in [1.54, 1.807) is 30.3 Å². The SMILES string of the molecule is CCc1ccc(N(CCCC(=O)N(Cc2c(Cl)cccc2Cl)[C@H](Cc2ccccc2)C(=O)N[C@H](C)CC)S(C)(=O)=O)cc1. The van der Waals surface area contributed by atoms with E-state index in [1.165, 1.54) is 9.21 Å². The summed E-state index contributed by atoms with van der Waals surface area (Å²) in [5, 5.41) is 3.83. The second-order valence-corrected chi connectivity index (χ2v) is 13.4. The highest BCUT2D eigenvalue weighted by Gasteiger charge is 2.32. The van der Waals surface area contributed by atoms with Crippen LogP contribution in [0.4, 0.5) is 5.69 Å². The molecule has 3 aromatic rings. The van der Waals surface area contributed by atoms with E-state index in [9.17, 15) is 18.0 Å². The fourth-order valence-corrected chi connectivity index (χ4v) is 6.23. The van der Waals surface area contributed by atoms with E-state index in [0.717, 1.165) is 30.2 Å². The van der Waals surface area contributed by atoms with Crippen LogP contribution < -0.4 is 9.62 Å². The smallest absolute Gasteiger partial charge is 0.243 e. The fourth-order valence-electron chi connectivity index (χ4n) is 4.75. The number of hydrogen-bond donors (Lipinski definition) is 1. The van der Waals surface area contributed by atoms with Crippen molar-refractivity contribution in [2.24, 2.45) is 0 Å². The first-order valence-electron chi connectivity index (χ1n) is 14.6. The molecule has 0 unspecified atom stereocenters. The Hall–Kier alpha value is -3.07. The number of hydrogen-bond acceptors (Lipinski definition) is 4. The summed E-state index contributed by atoms with van der Waals surface area (Å²) in [5.41, 5.74) is 3.08. The fraction of sp³-hybridized carbons (Fsp3) is 0.394. The predicted molar refractivity (Wildman–Crippen MR) is 176 cm³/mol. The molecule has 3 aromatic carbocycles. The molecule has 7 nitrogen and oxygen atoms in total. The van der Waals surface area contributed by atoms with Crippen molar-refractivity contribution in [3.63, 3.8) is 0 Å². The zero-order valence-electron chi connectivity index (χ0n) is 25.2. The van der Waals surface area contributed by atoms with Crippen LogP contribution in [0, 0.1) is 0 Å². The van der Waals surface area contributed by atoms with Gasteiger partial charge in [0.05, 0.1) is 11.9 Å². The molecule has 43 heavy (non-hydrogen) atoms. The van der Waals surface area contributed by atoms with Crippen LogP contribution in [-0.2, 0) is 39.0 Å². The number of carbonyl (C=O) groups is 2. The van der Waals surface area contributed by atoms with Crippen molar-refractivity contribution >= 4 is 50.7 Å². The van der Waals surface area contributed by atoms with Gasteiger partial charge in [-0.15, -0.1) is 0 Å². The highest BCUT2D eigenvalue weighted by atomic mass is 35.5. The van der Waals surface area contributed by atoms with Crippen LogP contribution in [0.1, 0.15) is 56.7 Å². The molecular formula is C33H41Cl2N3O4S. The number of rotatable bonds is 15. The number of benzene rings is 3. The summed E-state index contributed by atoms with van der Waals surface area (Å²) in [6.45, 7) is 6.06. The molecule has 0 spiro atoms. The van der Waals surface area contributed by atoms with E-state index < -0.39 is 16.1 Å². The van der Waals surface area contributed by atoms with Gasteiger partial charge in [0.2, 0.25) is 21.8 Å². The molecule has 0 radical (unpaired) electrons. The Bertz CT molecular complexity index is 1450. The van der Waals surface area contributed by atoms with Crippen LogP contribution >= 0.6 is 23.2 Å². The van der Waals surface area contributed by atoms with Gasteiger partial charge in [-0.1, -0.05) is 85.6 Å². The normalized spacial score (nSPS) is 12.8. The second kappa shape index (κ2) is 16.1. The van der Waals surface area contributed by atoms with Crippen molar-refractivity contribution in [2.75, 3.05) is 17.1 Å². The summed E-state index contributed by atoms with van der Waals surface area (Å²) in [4.78, 5) is 29.2. The Balaban J connectivity index is 1.92. The molecule has 0 saturated heterocycles. The standard InChI is InChI=1S/C33H41Cl2N3O4S/c1-5-24(3)36-33(40)31(22-26-12-8-7-9-13-26)37(23-28-29(34)14-10-15-30(28)35)32(39)16-11-21-38(43(4,41)42)27-19-17-25(6-2)18-20-27/h7-10,12-15,17-20,24,31H,5-6,11,16,21-23H2,1-4H3,(H,36,40)/t24-,31-/m1/s1. The molecule has 0 fully saturated rings.